The van der Waals surface area contributed by atoms with E-state index in [0.29, 0.717) is 6.04 Å². The summed E-state index contributed by atoms with van der Waals surface area (Å²) < 4.78 is 0. The van der Waals surface area contributed by atoms with Crippen molar-refractivity contribution in [2.75, 3.05) is 0 Å². The lowest BCUT2D eigenvalue weighted by Crippen LogP contribution is -2.42. The van der Waals surface area contributed by atoms with Crippen molar-refractivity contribution in [1.82, 2.24) is 10.6 Å². The number of hydrogen-bond acceptors (Lipinski definition) is 3. The van der Waals surface area contributed by atoms with E-state index >= 15 is 0 Å². The molecule has 0 heterocycles. The summed E-state index contributed by atoms with van der Waals surface area (Å²) in [7, 11) is 0. The van der Waals surface area contributed by atoms with Gasteiger partial charge in [0.1, 0.15) is 0 Å². The van der Waals surface area contributed by atoms with Crippen LogP contribution in [0.2, 0.25) is 0 Å². The summed E-state index contributed by atoms with van der Waals surface area (Å²) in [5.41, 5.74) is 2.12. The Bertz CT molecular complexity index is 516. The lowest BCUT2D eigenvalue weighted by atomic mass is 9.84. The third-order valence-corrected chi connectivity index (χ3v) is 4.60. The van der Waals surface area contributed by atoms with Crippen LogP contribution in [-0.4, -0.2) is 23.1 Å². The topological polar surface area (TPSA) is 61.4 Å². The van der Waals surface area contributed by atoms with Gasteiger partial charge in [0.15, 0.2) is 0 Å². The van der Waals surface area contributed by atoms with Crippen molar-refractivity contribution in [1.29, 1.82) is 0 Å². The van der Waals surface area contributed by atoms with E-state index in [-0.39, 0.29) is 30.5 Å². The van der Waals surface area contributed by atoms with Crippen molar-refractivity contribution >= 4 is 5.91 Å². The van der Waals surface area contributed by atoms with Crippen molar-refractivity contribution < 1.29 is 9.90 Å². The first-order valence-corrected chi connectivity index (χ1v) is 8.75. The second-order valence-electron chi connectivity index (χ2n) is 7.02. The minimum Gasteiger partial charge on any atom is -0.392 e. The Balaban J connectivity index is 1.92. The summed E-state index contributed by atoms with van der Waals surface area (Å²) in [5, 5.41) is 16.0. The van der Waals surface area contributed by atoms with Crippen molar-refractivity contribution in [2.45, 2.75) is 71.2 Å². The molecule has 3 N–H and O–H groups in total. The third-order valence-electron chi connectivity index (χ3n) is 4.60. The molecule has 1 saturated carbocycles. The van der Waals surface area contributed by atoms with Gasteiger partial charge < -0.3 is 15.7 Å². The van der Waals surface area contributed by atoms with Gasteiger partial charge in [-0.15, -0.1) is 0 Å². The van der Waals surface area contributed by atoms with Gasteiger partial charge in [0, 0.05) is 24.0 Å². The van der Waals surface area contributed by atoms with Crippen molar-refractivity contribution in [3.63, 3.8) is 0 Å². The molecular weight excluding hydrogens is 288 g/mol. The number of carbonyl (C=O) groups excluding carboxylic acids is 1. The van der Waals surface area contributed by atoms with Gasteiger partial charge in [0.25, 0.3) is 0 Å². The predicted octanol–water partition coefficient (Wildman–Crippen LogP) is 2.91. The molecule has 3 unspecified atom stereocenters. The molecule has 0 bridgehead atoms. The maximum atomic E-state index is 12.2. The first-order valence-electron chi connectivity index (χ1n) is 8.75. The molecule has 0 radical (unpaired) electrons. The van der Waals surface area contributed by atoms with Crippen LogP contribution in [0, 0.1) is 5.92 Å². The highest BCUT2D eigenvalue weighted by atomic mass is 16.3. The Labute approximate surface area is 139 Å². The summed E-state index contributed by atoms with van der Waals surface area (Å²) in [6.07, 6.45) is 4.11. The van der Waals surface area contributed by atoms with Gasteiger partial charge in [-0.25, -0.2) is 0 Å². The van der Waals surface area contributed by atoms with Crippen LogP contribution in [-0.2, 0) is 11.4 Å². The first-order chi connectivity index (χ1) is 11.0. The van der Waals surface area contributed by atoms with E-state index in [1.165, 1.54) is 5.56 Å². The second-order valence-corrected chi connectivity index (χ2v) is 7.02. The summed E-state index contributed by atoms with van der Waals surface area (Å²) in [4.78, 5) is 12.2. The number of benzene rings is 1. The van der Waals surface area contributed by atoms with Gasteiger partial charge in [-0.1, -0.05) is 30.7 Å². The number of hydrogen-bond donors (Lipinski definition) is 3. The monoisotopic (exact) mass is 318 g/mol. The Morgan fingerprint density at radius 1 is 1.30 bits per heavy atom. The van der Waals surface area contributed by atoms with Crippen LogP contribution in [0.25, 0.3) is 0 Å². The van der Waals surface area contributed by atoms with E-state index in [0.717, 1.165) is 31.2 Å². The number of rotatable bonds is 6. The van der Waals surface area contributed by atoms with Gasteiger partial charge in [-0.05, 0) is 51.2 Å². The maximum absolute atomic E-state index is 12.2. The number of aliphatic hydroxyl groups is 1. The molecule has 23 heavy (non-hydrogen) atoms. The van der Waals surface area contributed by atoms with Crippen LogP contribution in [0.15, 0.2) is 24.3 Å². The predicted molar refractivity (Wildman–Crippen MR) is 92.9 cm³/mol. The highest BCUT2D eigenvalue weighted by molar-refractivity contribution is 5.79. The van der Waals surface area contributed by atoms with E-state index in [4.69, 9.17) is 0 Å². The van der Waals surface area contributed by atoms with Crippen molar-refractivity contribution in [3.05, 3.63) is 35.4 Å². The summed E-state index contributed by atoms with van der Waals surface area (Å²) in [5.74, 6) is 0.320. The van der Waals surface area contributed by atoms with Gasteiger partial charge >= 0.3 is 0 Å². The second kappa shape index (κ2) is 8.46. The van der Waals surface area contributed by atoms with Crippen molar-refractivity contribution in [2.24, 2.45) is 5.92 Å². The standard InChI is InChI=1S/C19H30N2O2/c1-13(2)20-19(23)17-8-5-9-18(11-17)21-14(3)16-7-4-6-15(10-16)12-22/h4,6-7,10,13-14,17-18,21-22H,5,8-9,11-12H2,1-3H3,(H,20,23). The molecule has 0 aromatic heterocycles. The van der Waals surface area contributed by atoms with Crippen LogP contribution in [0.5, 0.6) is 0 Å². The lowest BCUT2D eigenvalue weighted by Gasteiger charge is -2.32. The molecule has 1 aromatic rings. The van der Waals surface area contributed by atoms with Crippen LogP contribution in [0.3, 0.4) is 0 Å². The zero-order chi connectivity index (χ0) is 16.8. The van der Waals surface area contributed by atoms with Crippen LogP contribution >= 0.6 is 0 Å². The molecule has 2 rings (SSSR count). The lowest BCUT2D eigenvalue weighted by molar-refractivity contribution is -0.126. The van der Waals surface area contributed by atoms with E-state index in [2.05, 4.69) is 23.6 Å². The Morgan fingerprint density at radius 3 is 2.78 bits per heavy atom. The Hall–Kier alpha value is -1.39. The van der Waals surface area contributed by atoms with Crippen LogP contribution in [0.4, 0.5) is 0 Å². The zero-order valence-corrected chi connectivity index (χ0v) is 14.5. The van der Waals surface area contributed by atoms with Gasteiger partial charge in [-0.2, -0.15) is 0 Å². The zero-order valence-electron chi connectivity index (χ0n) is 14.5. The fourth-order valence-corrected chi connectivity index (χ4v) is 3.39. The molecule has 0 spiro atoms. The Kier molecular flexibility index (Phi) is 6.60. The normalized spacial score (nSPS) is 22.8. The van der Waals surface area contributed by atoms with E-state index < -0.39 is 0 Å². The molecule has 4 heteroatoms. The van der Waals surface area contributed by atoms with E-state index in [1.807, 2.05) is 32.0 Å². The molecule has 1 amide bonds. The van der Waals surface area contributed by atoms with Gasteiger partial charge in [0.2, 0.25) is 5.91 Å². The number of carbonyl (C=O) groups is 1. The maximum Gasteiger partial charge on any atom is 0.223 e. The molecule has 4 nitrogen and oxygen atoms in total. The third kappa shape index (κ3) is 5.33. The SMILES string of the molecule is CC(C)NC(=O)C1CCCC(NC(C)c2cccc(CO)c2)C1. The fraction of sp³-hybridized carbons (Fsp3) is 0.632. The molecule has 1 aliphatic carbocycles. The molecule has 128 valence electrons. The number of amides is 1. The van der Waals surface area contributed by atoms with Crippen LogP contribution < -0.4 is 10.6 Å². The highest BCUT2D eigenvalue weighted by Gasteiger charge is 2.28. The average Bonchev–Trinajstić information content (AvgIpc) is 2.54. The molecular formula is C19H30N2O2. The quantitative estimate of drug-likeness (QED) is 0.756. The molecule has 3 atom stereocenters. The molecule has 1 aliphatic rings. The number of aliphatic hydroxyl groups excluding tert-OH is 1. The summed E-state index contributed by atoms with van der Waals surface area (Å²) >= 11 is 0. The minimum absolute atomic E-state index is 0.0709. The fourth-order valence-electron chi connectivity index (χ4n) is 3.39. The van der Waals surface area contributed by atoms with E-state index in [9.17, 15) is 9.90 Å². The number of nitrogens with one attached hydrogen (secondary N) is 2. The Morgan fingerprint density at radius 2 is 2.09 bits per heavy atom. The summed E-state index contributed by atoms with van der Waals surface area (Å²) in [6, 6.07) is 8.85. The molecule has 0 aliphatic heterocycles. The largest absolute Gasteiger partial charge is 0.392 e. The molecule has 1 aromatic carbocycles. The minimum atomic E-state index is 0.0709. The smallest absolute Gasteiger partial charge is 0.223 e. The van der Waals surface area contributed by atoms with Crippen LogP contribution in [0.1, 0.15) is 63.6 Å². The van der Waals surface area contributed by atoms with Gasteiger partial charge in [0.05, 0.1) is 6.61 Å². The molecule has 0 saturated heterocycles. The summed E-state index contributed by atoms with van der Waals surface area (Å²) in [6.45, 7) is 6.23. The first kappa shape index (κ1) is 18.0. The van der Waals surface area contributed by atoms with E-state index in [1.54, 1.807) is 0 Å². The van der Waals surface area contributed by atoms with Gasteiger partial charge in [-0.3, -0.25) is 4.79 Å². The average molecular weight is 318 g/mol. The molecule has 1 fully saturated rings. The van der Waals surface area contributed by atoms with Crippen molar-refractivity contribution in [3.8, 4) is 0 Å². The highest BCUT2D eigenvalue weighted by Crippen LogP contribution is 2.27.